The van der Waals surface area contributed by atoms with Crippen molar-refractivity contribution in [2.45, 2.75) is 105 Å². The molecule has 0 amide bonds. The number of rotatable bonds is 12. The van der Waals surface area contributed by atoms with Crippen LogP contribution in [-0.4, -0.2) is 15.8 Å². The summed E-state index contributed by atoms with van der Waals surface area (Å²) < 4.78 is 5.12. The molecule has 0 saturated heterocycles. The smallest absolute Gasteiger partial charge is 0.252 e. The summed E-state index contributed by atoms with van der Waals surface area (Å²) >= 11 is 0. The quantitative estimate of drug-likeness (QED) is 0.114. The number of fused-ring (bicyclic) bond motifs is 10. The van der Waals surface area contributed by atoms with E-state index >= 15 is 0 Å². The number of nitrogens with zero attached hydrogens (tertiary/aromatic N) is 5. The molecule has 16 aromatic carbocycles. The van der Waals surface area contributed by atoms with E-state index in [1.807, 2.05) is 0 Å². The van der Waals surface area contributed by atoms with Crippen LogP contribution >= 0.6 is 0 Å². The zero-order valence-electron chi connectivity index (χ0n) is 69.5. The van der Waals surface area contributed by atoms with E-state index < -0.39 is 0 Å². The molecule has 0 spiro atoms. The lowest BCUT2D eigenvalue weighted by molar-refractivity contribution is 0.569. The molecule has 0 saturated carbocycles. The van der Waals surface area contributed by atoms with E-state index in [-0.39, 0.29) is 28.4 Å². The van der Waals surface area contributed by atoms with E-state index in [0.29, 0.717) is 0 Å². The molecule has 4 heterocycles. The summed E-state index contributed by atoms with van der Waals surface area (Å²) in [5.74, 6) is 0. The van der Waals surface area contributed by atoms with E-state index in [9.17, 15) is 0 Å². The molecule has 2 aromatic heterocycles. The van der Waals surface area contributed by atoms with Gasteiger partial charge in [0.1, 0.15) is 0 Å². The maximum atomic E-state index is 2.67. The molecule has 0 unspecified atom stereocenters. The molecular weight excluding hydrogens is 1430 g/mol. The maximum absolute atomic E-state index is 2.67. The first-order valence-corrected chi connectivity index (χ1v) is 41.8. The standard InChI is InChI=1S/C112H96BN5/c1-109(2,3)83-48-54-101-95(67-83)96-68-84(110(4,5)6)49-55-102(96)115(101)90-50-53-99-105(70-90)118(92-63-80(75-37-23-15-24-38-75)58-81(64-92)76-39-25-16-26-40-76)107-72-93(116-100-46-32-31-45-94(100)97-69-89(51-56-103(97)116)114(87-41-27-17-28-42-87)88-43-29-18-30-44-88)71-106-108(107)113(99)98-52-47-77(82-59-85(111(7,8)9)66-86(60-82)112(10,11)12)65-104(98)117(106)91-61-78(73-33-19-13-20-34-73)57-79(62-91)74-35-21-14-22-36-74/h13-72H,1-12H3. The first kappa shape index (κ1) is 73.5. The fourth-order valence-electron chi connectivity index (χ4n) is 18.5. The average Bonchev–Trinajstić information content (AvgIpc) is 0.849. The van der Waals surface area contributed by atoms with E-state index in [1.54, 1.807) is 0 Å². The van der Waals surface area contributed by atoms with Crippen molar-refractivity contribution < 1.29 is 0 Å². The predicted molar refractivity (Wildman–Crippen MR) is 506 cm³/mol. The molecule has 0 radical (unpaired) electrons. The van der Waals surface area contributed by atoms with Crippen molar-refractivity contribution in [3.63, 3.8) is 0 Å². The zero-order chi connectivity index (χ0) is 80.7. The Morgan fingerprint density at radius 3 is 1.01 bits per heavy atom. The van der Waals surface area contributed by atoms with E-state index in [0.717, 1.165) is 134 Å². The fraction of sp³-hybridized carbons (Fsp3) is 0.143. The summed E-state index contributed by atoms with van der Waals surface area (Å²) in [5.41, 5.74) is 36.5. The van der Waals surface area contributed by atoms with Gasteiger partial charge in [-0.2, -0.15) is 0 Å². The van der Waals surface area contributed by atoms with Crippen LogP contribution in [-0.2, 0) is 21.7 Å². The molecule has 2 aliphatic heterocycles. The van der Waals surface area contributed by atoms with Gasteiger partial charge in [0, 0.05) is 78.4 Å². The first-order chi connectivity index (χ1) is 57.0. The Labute approximate surface area is 695 Å². The number of anilines is 9. The summed E-state index contributed by atoms with van der Waals surface area (Å²) in [7, 11) is 0. The highest BCUT2D eigenvalue weighted by molar-refractivity contribution is 7.00. The van der Waals surface area contributed by atoms with Crippen LogP contribution in [0.4, 0.5) is 51.2 Å². The lowest BCUT2D eigenvalue weighted by Crippen LogP contribution is -2.61. The summed E-state index contributed by atoms with van der Waals surface area (Å²) in [6.45, 7) is 27.9. The number of benzene rings is 16. The van der Waals surface area contributed by atoms with Gasteiger partial charge in [0.05, 0.1) is 27.8 Å². The van der Waals surface area contributed by atoms with Crippen LogP contribution in [0, 0.1) is 0 Å². The van der Waals surface area contributed by atoms with Gasteiger partial charge in [0.15, 0.2) is 0 Å². The van der Waals surface area contributed by atoms with Crippen molar-refractivity contribution in [3.05, 3.63) is 386 Å². The third-order valence-electron chi connectivity index (χ3n) is 24.8. The Hall–Kier alpha value is -13.4. The van der Waals surface area contributed by atoms with Crippen LogP contribution < -0.4 is 31.1 Å². The van der Waals surface area contributed by atoms with Crippen molar-refractivity contribution in [1.29, 1.82) is 0 Å². The molecule has 6 heteroatoms. The zero-order valence-corrected chi connectivity index (χ0v) is 69.5. The second-order valence-corrected chi connectivity index (χ2v) is 36.7. The molecule has 0 atom stereocenters. The van der Waals surface area contributed by atoms with Gasteiger partial charge in [-0.1, -0.05) is 308 Å². The van der Waals surface area contributed by atoms with E-state index in [2.05, 4.69) is 471 Å². The monoisotopic (exact) mass is 1520 g/mol. The highest BCUT2D eigenvalue weighted by Crippen LogP contribution is 2.52. The van der Waals surface area contributed by atoms with E-state index in [1.165, 1.54) is 66.0 Å². The lowest BCUT2D eigenvalue weighted by atomic mass is 9.33. The minimum absolute atomic E-state index is 0.0734. The van der Waals surface area contributed by atoms with Crippen molar-refractivity contribution in [1.82, 2.24) is 9.13 Å². The third kappa shape index (κ3) is 12.9. The number of hydrogen-bond acceptors (Lipinski definition) is 3. The van der Waals surface area contributed by atoms with Gasteiger partial charge in [-0.25, -0.2) is 0 Å². The van der Waals surface area contributed by atoms with Gasteiger partial charge in [-0.3, -0.25) is 0 Å². The van der Waals surface area contributed by atoms with Crippen LogP contribution in [0.5, 0.6) is 0 Å². The SMILES string of the molecule is CC(C)(C)c1cc(-c2ccc3c(c2)N(c2cc(-c4ccccc4)cc(-c4ccccc4)c2)c2cc(-n4c5ccccc5c5cc(N(c6ccccc6)c6ccccc6)ccc54)cc4c2B3c2ccc(-n3c5ccc(C(C)(C)C)cc5c5cc(C(C)(C)C)ccc53)cc2N4c2cc(-c3ccccc3)cc(-c3ccccc3)c2)cc(C(C)(C)C)c1. The minimum Gasteiger partial charge on any atom is -0.311 e. The second kappa shape index (κ2) is 28.2. The summed E-state index contributed by atoms with van der Waals surface area (Å²) in [6.07, 6.45) is 0. The molecular formula is C112H96BN5. The molecule has 118 heavy (non-hydrogen) atoms. The molecule has 0 N–H and O–H groups in total. The Balaban J connectivity index is 0.944. The number of para-hydroxylation sites is 3. The Morgan fingerprint density at radius 2 is 0.568 bits per heavy atom. The van der Waals surface area contributed by atoms with Crippen LogP contribution in [0.3, 0.4) is 0 Å². The van der Waals surface area contributed by atoms with Gasteiger partial charge < -0.3 is 23.8 Å². The number of hydrogen-bond donors (Lipinski definition) is 0. The van der Waals surface area contributed by atoms with Crippen LogP contribution in [0.25, 0.3) is 111 Å². The summed E-state index contributed by atoms with van der Waals surface area (Å²) in [4.78, 5) is 7.72. The fourth-order valence-corrected chi connectivity index (χ4v) is 18.5. The lowest BCUT2D eigenvalue weighted by Gasteiger charge is -2.45. The molecule has 0 aliphatic carbocycles. The minimum atomic E-state index is -0.271. The first-order valence-electron chi connectivity index (χ1n) is 41.8. The molecule has 572 valence electrons. The molecule has 0 fully saturated rings. The van der Waals surface area contributed by atoms with Crippen molar-refractivity contribution in [2.24, 2.45) is 0 Å². The van der Waals surface area contributed by atoms with Gasteiger partial charge in [-0.05, 0) is 255 Å². The highest BCUT2D eigenvalue weighted by Gasteiger charge is 2.45. The Morgan fingerprint density at radius 1 is 0.212 bits per heavy atom. The largest absolute Gasteiger partial charge is 0.311 e. The van der Waals surface area contributed by atoms with Gasteiger partial charge >= 0.3 is 0 Å². The van der Waals surface area contributed by atoms with E-state index in [4.69, 9.17) is 0 Å². The summed E-state index contributed by atoms with van der Waals surface area (Å²) in [5, 5.41) is 4.82. The van der Waals surface area contributed by atoms with Crippen molar-refractivity contribution in [3.8, 4) is 67.0 Å². The third-order valence-corrected chi connectivity index (χ3v) is 24.8. The van der Waals surface area contributed by atoms with Gasteiger partial charge in [-0.15, -0.1) is 0 Å². The molecule has 20 rings (SSSR count). The normalized spacial score (nSPS) is 12.9. The number of aromatic nitrogens is 2. The van der Waals surface area contributed by atoms with Gasteiger partial charge in [0.2, 0.25) is 0 Å². The van der Waals surface area contributed by atoms with Crippen molar-refractivity contribution >= 4 is 118 Å². The molecule has 2 aliphatic rings. The highest BCUT2D eigenvalue weighted by atomic mass is 15.2. The molecule has 0 bridgehead atoms. The van der Waals surface area contributed by atoms with Crippen LogP contribution in [0.2, 0.25) is 0 Å². The second-order valence-electron chi connectivity index (χ2n) is 36.7. The van der Waals surface area contributed by atoms with Gasteiger partial charge in [0.25, 0.3) is 6.71 Å². The Kier molecular flexibility index (Phi) is 17.6. The van der Waals surface area contributed by atoms with Crippen molar-refractivity contribution in [2.75, 3.05) is 14.7 Å². The maximum Gasteiger partial charge on any atom is 0.252 e. The van der Waals surface area contributed by atoms with Crippen LogP contribution in [0.15, 0.2) is 364 Å². The molecule has 18 aromatic rings. The molecule has 5 nitrogen and oxygen atoms in total. The predicted octanol–water partition coefficient (Wildman–Crippen LogP) is 29.0. The summed E-state index contributed by atoms with van der Waals surface area (Å²) in [6, 6.07) is 138. The average molecular weight is 1520 g/mol. The topological polar surface area (TPSA) is 19.6 Å². The Bertz CT molecular complexity index is 6690. The van der Waals surface area contributed by atoms with Crippen LogP contribution in [0.1, 0.15) is 105 Å².